The highest BCUT2D eigenvalue weighted by molar-refractivity contribution is 9.10. The molecule has 2 rings (SSSR count). The average Bonchev–Trinajstić information content (AvgIpc) is 2.79. The van der Waals surface area contributed by atoms with Crippen molar-refractivity contribution in [3.63, 3.8) is 0 Å². The number of hydrogen-bond donors (Lipinski definition) is 2. The summed E-state index contributed by atoms with van der Waals surface area (Å²) in [5.74, 6) is 5.56. The molecule has 0 spiro atoms. The second-order valence-corrected chi connectivity index (χ2v) is 6.11. The fraction of sp³-hybridized carbons (Fsp3) is 0.111. The summed E-state index contributed by atoms with van der Waals surface area (Å²) in [5.41, 5.74) is 2.79. The Labute approximate surface area is 109 Å². The number of rotatable bonds is 3. The van der Waals surface area contributed by atoms with E-state index in [2.05, 4.69) is 21.4 Å². The molecule has 0 amide bonds. The standard InChI is InChI=1S/C9H8BrClN2S2/c10-5-3-7(15-4-5)8(13-12)9-6(11)1-2-14-9/h1-4,8,13H,12H2. The topological polar surface area (TPSA) is 38.0 Å². The van der Waals surface area contributed by atoms with E-state index < -0.39 is 0 Å². The minimum absolute atomic E-state index is 0.0196. The third-order valence-electron chi connectivity index (χ3n) is 1.95. The van der Waals surface area contributed by atoms with Gasteiger partial charge in [0.15, 0.2) is 0 Å². The largest absolute Gasteiger partial charge is 0.271 e. The number of hydrogen-bond acceptors (Lipinski definition) is 4. The van der Waals surface area contributed by atoms with Crippen molar-refractivity contribution >= 4 is 50.2 Å². The highest BCUT2D eigenvalue weighted by Crippen LogP contribution is 2.35. The van der Waals surface area contributed by atoms with E-state index >= 15 is 0 Å². The van der Waals surface area contributed by atoms with Gasteiger partial charge in [0.1, 0.15) is 0 Å². The molecule has 0 radical (unpaired) electrons. The highest BCUT2D eigenvalue weighted by Gasteiger charge is 2.18. The van der Waals surface area contributed by atoms with Crippen molar-refractivity contribution in [2.45, 2.75) is 6.04 Å². The third kappa shape index (κ3) is 2.43. The van der Waals surface area contributed by atoms with Gasteiger partial charge < -0.3 is 0 Å². The van der Waals surface area contributed by atoms with E-state index in [0.29, 0.717) is 0 Å². The summed E-state index contributed by atoms with van der Waals surface area (Å²) in [6.07, 6.45) is 0. The predicted molar refractivity (Wildman–Crippen MR) is 70.5 cm³/mol. The molecule has 0 aliphatic heterocycles. The summed E-state index contributed by atoms with van der Waals surface area (Å²) in [4.78, 5) is 2.20. The second kappa shape index (κ2) is 4.95. The lowest BCUT2D eigenvalue weighted by Gasteiger charge is -2.12. The van der Waals surface area contributed by atoms with Gasteiger partial charge in [0.05, 0.1) is 11.1 Å². The molecule has 6 heteroatoms. The molecule has 0 aliphatic rings. The Bertz CT molecular complexity index is 454. The van der Waals surface area contributed by atoms with Crippen molar-refractivity contribution in [1.82, 2.24) is 5.43 Å². The molecule has 0 saturated heterocycles. The van der Waals surface area contributed by atoms with Crippen molar-refractivity contribution in [2.75, 3.05) is 0 Å². The van der Waals surface area contributed by atoms with Crippen molar-refractivity contribution in [3.8, 4) is 0 Å². The Balaban J connectivity index is 2.36. The molecule has 2 heterocycles. The van der Waals surface area contributed by atoms with Gasteiger partial charge in [0, 0.05) is 19.6 Å². The summed E-state index contributed by atoms with van der Waals surface area (Å²) in [5, 5.41) is 4.75. The quantitative estimate of drug-likeness (QED) is 0.666. The zero-order valence-electron chi connectivity index (χ0n) is 7.54. The second-order valence-electron chi connectivity index (χ2n) is 2.90. The first kappa shape index (κ1) is 11.6. The third-order valence-corrected chi connectivity index (χ3v) is 5.13. The van der Waals surface area contributed by atoms with Crippen LogP contribution in [0.25, 0.3) is 0 Å². The van der Waals surface area contributed by atoms with E-state index in [1.54, 1.807) is 22.7 Å². The molecular formula is C9H8BrClN2S2. The Morgan fingerprint density at radius 3 is 2.73 bits per heavy atom. The first-order valence-electron chi connectivity index (χ1n) is 4.15. The van der Waals surface area contributed by atoms with Crippen molar-refractivity contribution in [2.24, 2.45) is 5.84 Å². The smallest absolute Gasteiger partial charge is 0.0909 e. The summed E-state index contributed by atoms with van der Waals surface area (Å²) >= 11 is 12.8. The van der Waals surface area contributed by atoms with Crippen LogP contribution in [0.15, 0.2) is 27.4 Å². The molecule has 0 aliphatic carbocycles. The number of nitrogens with one attached hydrogen (secondary N) is 1. The lowest BCUT2D eigenvalue weighted by molar-refractivity contribution is 0.656. The van der Waals surface area contributed by atoms with Crippen LogP contribution in [-0.4, -0.2) is 0 Å². The van der Waals surface area contributed by atoms with Crippen LogP contribution >= 0.6 is 50.2 Å². The maximum atomic E-state index is 6.08. The first-order valence-corrected chi connectivity index (χ1v) is 7.08. The van der Waals surface area contributed by atoms with E-state index in [9.17, 15) is 0 Å². The molecule has 0 fully saturated rings. The van der Waals surface area contributed by atoms with Crippen LogP contribution in [0, 0.1) is 0 Å². The van der Waals surface area contributed by atoms with Gasteiger partial charge in [-0.3, -0.25) is 5.84 Å². The van der Waals surface area contributed by atoms with Crippen LogP contribution < -0.4 is 11.3 Å². The molecule has 0 aromatic carbocycles. The lowest BCUT2D eigenvalue weighted by atomic mass is 10.2. The van der Waals surface area contributed by atoms with Crippen LogP contribution in [-0.2, 0) is 0 Å². The van der Waals surface area contributed by atoms with Gasteiger partial charge in [0.2, 0.25) is 0 Å². The first-order chi connectivity index (χ1) is 7.22. The van der Waals surface area contributed by atoms with Crippen molar-refractivity contribution < 1.29 is 0 Å². The van der Waals surface area contributed by atoms with Crippen LogP contribution in [0.4, 0.5) is 0 Å². The summed E-state index contributed by atoms with van der Waals surface area (Å²) in [7, 11) is 0. The van der Waals surface area contributed by atoms with Crippen LogP contribution in [0.3, 0.4) is 0 Å². The molecule has 3 N–H and O–H groups in total. The van der Waals surface area contributed by atoms with E-state index in [4.69, 9.17) is 17.4 Å². The Morgan fingerprint density at radius 2 is 2.27 bits per heavy atom. The van der Waals surface area contributed by atoms with E-state index in [1.807, 2.05) is 22.9 Å². The van der Waals surface area contributed by atoms with Crippen LogP contribution in [0.2, 0.25) is 5.02 Å². The number of halogens is 2. The Kier molecular flexibility index (Phi) is 3.82. The lowest BCUT2D eigenvalue weighted by Crippen LogP contribution is -2.27. The van der Waals surface area contributed by atoms with Gasteiger partial charge in [-0.05, 0) is 33.4 Å². The van der Waals surface area contributed by atoms with Crippen molar-refractivity contribution in [3.05, 3.63) is 42.1 Å². The molecule has 2 aromatic heterocycles. The van der Waals surface area contributed by atoms with Gasteiger partial charge in [-0.1, -0.05) is 11.6 Å². The van der Waals surface area contributed by atoms with E-state index in [0.717, 1.165) is 19.2 Å². The Hall–Kier alpha value is 0.0900. The molecule has 2 aromatic rings. The normalized spacial score (nSPS) is 13.0. The molecule has 2 nitrogen and oxygen atoms in total. The van der Waals surface area contributed by atoms with Crippen LogP contribution in [0.1, 0.15) is 15.8 Å². The predicted octanol–water partition coefficient (Wildman–Crippen LogP) is 3.78. The van der Waals surface area contributed by atoms with Crippen LogP contribution in [0.5, 0.6) is 0 Å². The van der Waals surface area contributed by atoms with Gasteiger partial charge in [-0.2, -0.15) is 0 Å². The summed E-state index contributed by atoms with van der Waals surface area (Å²) in [6, 6.07) is 3.91. The van der Waals surface area contributed by atoms with E-state index in [-0.39, 0.29) is 6.04 Å². The number of nitrogens with two attached hydrogens (primary N) is 1. The average molecular weight is 324 g/mol. The van der Waals surface area contributed by atoms with Gasteiger partial charge in [0.25, 0.3) is 0 Å². The van der Waals surface area contributed by atoms with Gasteiger partial charge >= 0.3 is 0 Å². The molecule has 0 bridgehead atoms. The molecular weight excluding hydrogens is 316 g/mol. The highest BCUT2D eigenvalue weighted by atomic mass is 79.9. The minimum Gasteiger partial charge on any atom is -0.271 e. The maximum Gasteiger partial charge on any atom is 0.0909 e. The monoisotopic (exact) mass is 322 g/mol. The fourth-order valence-corrected chi connectivity index (χ4v) is 4.11. The number of thiophene rings is 2. The van der Waals surface area contributed by atoms with E-state index in [1.165, 1.54) is 0 Å². The van der Waals surface area contributed by atoms with Gasteiger partial charge in [-0.15, -0.1) is 22.7 Å². The SMILES string of the molecule is NNC(c1cc(Br)cs1)c1sccc1Cl. The fourth-order valence-electron chi connectivity index (χ4n) is 1.28. The molecule has 1 atom stereocenters. The maximum absolute atomic E-state index is 6.08. The summed E-state index contributed by atoms with van der Waals surface area (Å²) in [6.45, 7) is 0. The molecule has 1 unspecified atom stereocenters. The van der Waals surface area contributed by atoms with Crippen molar-refractivity contribution in [1.29, 1.82) is 0 Å². The van der Waals surface area contributed by atoms with Gasteiger partial charge in [-0.25, -0.2) is 5.43 Å². The molecule has 80 valence electrons. The molecule has 15 heavy (non-hydrogen) atoms. The number of hydrazine groups is 1. The Morgan fingerprint density at radius 1 is 1.47 bits per heavy atom. The molecule has 0 saturated carbocycles. The zero-order chi connectivity index (χ0) is 10.8. The zero-order valence-corrected chi connectivity index (χ0v) is 11.5. The summed E-state index contributed by atoms with van der Waals surface area (Å²) < 4.78 is 1.07. The minimum atomic E-state index is -0.0196.